The van der Waals surface area contributed by atoms with Crippen molar-refractivity contribution >= 4 is 68.0 Å². The Kier molecular flexibility index (Phi) is 6.25. The lowest BCUT2D eigenvalue weighted by molar-refractivity contribution is 0.389. The first kappa shape index (κ1) is 20.3. The van der Waals surface area contributed by atoms with Crippen LogP contribution in [0, 0.1) is 12.9 Å². The number of hydrogen-bond donors (Lipinski definition) is 2. The zero-order chi connectivity index (χ0) is 19.7. The summed E-state index contributed by atoms with van der Waals surface area (Å²) in [7, 11) is 0. The largest absolute Gasteiger partial charge is 0.353 e. The number of anilines is 2. The smallest absolute Gasteiger partial charge is 0.271 e. The predicted octanol–water partition coefficient (Wildman–Crippen LogP) is 3.81. The molecule has 1 fully saturated rings. The number of aromatic amines is 1. The third-order valence-corrected chi connectivity index (χ3v) is 5.68. The molecule has 0 aliphatic carbocycles. The topological polar surface area (TPSA) is 64.3 Å². The van der Waals surface area contributed by atoms with Crippen LogP contribution >= 0.6 is 51.3 Å². The van der Waals surface area contributed by atoms with Gasteiger partial charge in [-0.25, -0.2) is 4.98 Å². The molecule has 0 radical (unpaired) electrons. The number of aromatic nitrogens is 2. The molecule has 0 bridgehead atoms. The van der Waals surface area contributed by atoms with Gasteiger partial charge in [0.1, 0.15) is 15.9 Å². The number of rotatable bonds is 2. The van der Waals surface area contributed by atoms with Crippen LogP contribution in [0.25, 0.3) is 0 Å². The van der Waals surface area contributed by atoms with E-state index in [1.165, 1.54) is 0 Å². The fourth-order valence-corrected chi connectivity index (χ4v) is 3.97. The summed E-state index contributed by atoms with van der Waals surface area (Å²) in [5, 5.41) is 2.57. The minimum absolute atomic E-state index is 0.0302. The Morgan fingerprint density at radius 1 is 1.33 bits per heavy atom. The van der Waals surface area contributed by atoms with Gasteiger partial charge in [-0.05, 0) is 46.7 Å². The van der Waals surface area contributed by atoms with Crippen LogP contribution < -0.4 is 15.8 Å². The molecule has 3 heterocycles. The number of aryl methyl sites for hydroxylation is 1. The summed E-state index contributed by atoms with van der Waals surface area (Å²) in [6, 6.07) is 2.02. The molecular formula is C16H15BrCl2FN5OS. The van der Waals surface area contributed by atoms with Gasteiger partial charge in [0.15, 0.2) is 5.11 Å². The van der Waals surface area contributed by atoms with Gasteiger partial charge in [-0.2, -0.15) is 4.39 Å². The van der Waals surface area contributed by atoms with Crippen LogP contribution in [-0.2, 0) is 0 Å². The van der Waals surface area contributed by atoms with Crippen LogP contribution in [0.2, 0.25) is 10.0 Å². The summed E-state index contributed by atoms with van der Waals surface area (Å²) in [5.74, 6) is -0.0301. The van der Waals surface area contributed by atoms with Gasteiger partial charge in [0, 0.05) is 36.8 Å². The van der Waals surface area contributed by atoms with E-state index in [-0.39, 0.29) is 15.7 Å². The molecule has 3 rings (SSSR count). The molecule has 2 aromatic rings. The Bertz CT molecular complexity index is 949. The molecule has 27 heavy (non-hydrogen) atoms. The van der Waals surface area contributed by atoms with Gasteiger partial charge in [0.05, 0.1) is 5.69 Å². The monoisotopic (exact) mass is 493 g/mol. The van der Waals surface area contributed by atoms with Gasteiger partial charge in [-0.1, -0.05) is 23.2 Å². The van der Waals surface area contributed by atoms with Crippen LogP contribution in [-0.4, -0.2) is 46.2 Å². The second-order valence-corrected chi connectivity index (χ2v) is 8.03. The summed E-state index contributed by atoms with van der Waals surface area (Å²) >= 11 is 20.6. The zero-order valence-corrected chi connectivity index (χ0v) is 18.1. The number of nitrogens with zero attached hydrogens (tertiary/aromatic N) is 3. The predicted molar refractivity (Wildman–Crippen MR) is 114 cm³/mol. The number of piperazine rings is 1. The standard InChI is InChI=1S/C16H15BrCl2FN5OS/c1-8-6-9(17)7-21-14(8)24-2-4-25(5-3-24)16(27)22-12-10(18)13(20)23-15(26)11(12)19/h6-7H,2-5H2,1H3,(H2,22,23,26,27). The maximum absolute atomic E-state index is 13.7. The molecule has 1 aliphatic rings. The number of halogens is 4. The highest BCUT2D eigenvalue weighted by atomic mass is 79.9. The summed E-state index contributed by atoms with van der Waals surface area (Å²) in [5.41, 5.74) is 0.277. The molecule has 0 aromatic carbocycles. The first-order chi connectivity index (χ1) is 12.8. The Hall–Kier alpha value is -1.42. The van der Waals surface area contributed by atoms with Crippen molar-refractivity contribution in [3.8, 4) is 0 Å². The van der Waals surface area contributed by atoms with Crippen molar-refractivity contribution in [2.75, 3.05) is 36.4 Å². The summed E-state index contributed by atoms with van der Waals surface area (Å²) < 4.78 is 14.6. The van der Waals surface area contributed by atoms with Crippen LogP contribution in [0.3, 0.4) is 0 Å². The Balaban J connectivity index is 1.68. The Labute approximate surface area is 178 Å². The van der Waals surface area contributed by atoms with Crippen molar-refractivity contribution in [1.82, 2.24) is 14.9 Å². The van der Waals surface area contributed by atoms with Crippen LogP contribution in [0.1, 0.15) is 5.56 Å². The Morgan fingerprint density at radius 2 is 2.00 bits per heavy atom. The molecule has 2 N–H and O–H groups in total. The first-order valence-corrected chi connectivity index (χ1v) is 9.93. The maximum atomic E-state index is 13.7. The van der Waals surface area contributed by atoms with E-state index in [2.05, 4.69) is 31.1 Å². The highest BCUT2D eigenvalue weighted by Crippen LogP contribution is 2.29. The quantitative estimate of drug-likeness (QED) is 0.489. The van der Waals surface area contributed by atoms with Gasteiger partial charge in [0.25, 0.3) is 5.56 Å². The first-order valence-electron chi connectivity index (χ1n) is 7.97. The minimum atomic E-state index is -0.960. The summed E-state index contributed by atoms with van der Waals surface area (Å²) in [6.45, 7) is 4.69. The highest BCUT2D eigenvalue weighted by Gasteiger charge is 2.23. The normalized spacial score (nSPS) is 14.4. The van der Waals surface area contributed by atoms with E-state index >= 15 is 0 Å². The fourth-order valence-electron chi connectivity index (χ4n) is 2.81. The van der Waals surface area contributed by atoms with Gasteiger partial charge in [0.2, 0.25) is 5.95 Å². The highest BCUT2D eigenvalue weighted by molar-refractivity contribution is 9.10. The van der Waals surface area contributed by atoms with Gasteiger partial charge < -0.3 is 15.1 Å². The lowest BCUT2D eigenvalue weighted by Gasteiger charge is -2.37. The maximum Gasteiger partial charge on any atom is 0.271 e. The molecule has 0 amide bonds. The van der Waals surface area contributed by atoms with Crippen molar-refractivity contribution in [2.24, 2.45) is 0 Å². The third kappa shape index (κ3) is 4.37. The minimum Gasteiger partial charge on any atom is -0.353 e. The SMILES string of the molecule is Cc1cc(Br)cnc1N1CCN(C(=S)Nc2c(Cl)c(F)[nH]c(=O)c2Cl)CC1. The van der Waals surface area contributed by atoms with E-state index < -0.39 is 11.5 Å². The molecule has 0 spiro atoms. The van der Waals surface area contributed by atoms with E-state index in [1.807, 2.05) is 22.9 Å². The van der Waals surface area contributed by atoms with E-state index in [9.17, 15) is 9.18 Å². The van der Waals surface area contributed by atoms with Crippen molar-refractivity contribution in [2.45, 2.75) is 6.92 Å². The number of pyridine rings is 2. The molecule has 11 heteroatoms. The molecule has 0 unspecified atom stereocenters. The third-order valence-electron chi connectivity index (χ3n) is 4.17. The average Bonchev–Trinajstić information content (AvgIpc) is 2.64. The number of H-pyrrole nitrogens is 1. The zero-order valence-electron chi connectivity index (χ0n) is 14.2. The van der Waals surface area contributed by atoms with Gasteiger partial charge >= 0.3 is 0 Å². The molecule has 0 saturated carbocycles. The van der Waals surface area contributed by atoms with E-state index in [4.69, 9.17) is 35.4 Å². The molecule has 6 nitrogen and oxygen atoms in total. The van der Waals surface area contributed by atoms with Gasteiger partial charge in [-0.3, -0.25) is 9.78 Å². The van der Waals surface area contributed by atoms with E-state index in [0.717, 1.165) is 15.9 Å². The van der Waals surface area contributed by atoms with E-state index in [0.29, 0.717) is 31.3 Å². The Morgan fingerprint density at radius 3 is 2.63 bits per heavy atom. The second-order valence-electron chi connectivity index (χ2n) is 5.97. The molecule has 2 aromatic heterocycles. The molecule has 0 atom stereocenters. The lowest BCUT2D eigenvalue weighted by Crippen LogP contribution is -2.50. The van der Waals surface area contributed by atoms with Crippen molar-refractivity contribution in [1.29, 1.82) is 0 Å². The van der Waals surface area contributed by atoms with Crippen molar-refractivity contribution in [3.63, 3.8) is 0 Å². The fraction of sp³-hybridized carbons (Fsp3) is 0.312. The number of nitrogens with one attached hydrogen (secondary N) is 2. The number of hydrogen-bond acceptors (Lipinski definition) is 4. The molecule has 1 saturated heterocycles. The molecule has 1 aliphatic heterocycles. The molecule has 144 valence electrons. The van der Waals surface area contributed by atoms with Crippen LogP contribution in [0.15, 0.2) is 21.5 Å². The second kappa shape index (κ2) is 8.30. The van der Waals surface area contributed by atoms with Crippen molar-refractivity contribution in [3.05, 3.63) is 48.6 Å². The summed E-state index contributed by atoms with van der Waals surface area (Å²) in [4.78, 5) is 22.1. The van der Waals surface area contributed by atoms with E-state index in [1.54, 1.807) is 6.20 Å². The average molecular weight is 495 g/mol. The van der Waals surface area contributed by atoms with Crippen LogP contribution in [0.4, 0.5) is 15.9 Å². The number of thiocarbonyl (C=S) groups is 1. The van der Waals surface area contributed by atoms with Crippen LogP contribution in [0.5, 0.6) is 0 Å². The molecular weight excluding hydrogens is 480 g/mol. The summed E-state index contributed by atoms with van der Waals surface area (Å²) in [6.07, 6.45) is 1.77. The lowest BCUT2D eigenvalue weighted by atomic mass is 10.2. The van der Waals surface area contributed by atoms with Crippen molar-refractivity contribution < 1.29 is 4.39 Å². The van der Waals surface area contributed by atoms with Gasteiger partial charge in [-0.15, -0.1) is 0 Å².